The van der Waals surface area contributed by atoms with Crippen LogP contribution in [-0.2, 0) is 0 Å². The molecule has 68 valence electrons. The quantitative estimate of drug-likeness (QED) is 0.692. The molecule has 0 radical (unpaired) electrons. The largest absolute Gasteiger partial charge is 0.313 e. The fourth-order valence-electron chi connectivity index (χ4n) is 1.19. The van der Waals surface area contributed by atoms with Crippen LogP contribution in [0.15, 0.2) is 0 Å². The molecule has 0 amide bonds. The summed E-state index contributed by atoms with van der Waals surface area (Å²) >= 11 is 2.08. The fraction of sp³-hybridized carbons (Fsp3) is 1.00. The van der Waals surface area contributed by atoms with Gasteiger partial charge in [0.1, 0.15) is 0 Å². The minimum Gasteiger partial charge on any atom is -0.313 e. The van der Waals surface area contributed by atoms with E-state index in [1.54, 1.807) is 0 Å². The van der Waals surface area contributed by atoms with Crippen LogP contribution in [0.4, 0.5) is 0 Å². The van der Waals surface area contributed by atoms with E-state index in [0.29, 0.717) is 0 Å². The van der Waals surface area contributed by atoms with E-state index in [2.05, 4.69) is 24.0 Å². The van der Waals surface area contributed by atoms with Gasteiger partial charge in [0, 0.05) is 11.8 Å². The zero-order valence-electron chi connectivity index (χ0n) is 8.02. The van der Waals surface area contributed by atoms with E-state index in [1.165, 1.54) is 24.3 Å². The van der Waals surface area contributed by atoms with E-state index in [1.807, 2.05) is 13.8 Å². The van der Waals surface area contributed by atoms with Gasteiger partial charge in [-0.25, -0.2) is 0 Å². The fourth-order valence-corrected chi connectivity index (χ4v) is 2.30. The summed E-state index contributed by atoms with van der Waals surface area (Å²) in [5.74, 6) is 2.70. The number of rotatable bonds is 2. The summed E-state index contributed by atoms with van der Waals surface area (Å²) in [7, 11) is 0. The molecule has 1 nitrogen and oxygen atoms in total. The maximum absolute atomic E-state index is 3.46. The normalized spacial score (nSPS) is 23.7. The number of hydrogen-bond donors (Lipinski definition) is 1. The van der Waals surface area contributed by atoms with Gasteiger partial charge in [0.15, 0.2) is 0 Å². The molecule has 0 saturated carbocycles. The highest BCUT2D eigenvalue weighted by molar-refractivity contribution is 7.99. The molecular weight excluding hydrogens is 154 g/mol. The molecule has 0 spiro atoms. The first-order chi connectivity index (χ1) is 5.43. The molecular formula is C9H21NS. The van der Waals surface area contributed by atoms with E-state index < -0.39 is 0 Å². The number of hydrogen-bond acceptors (Lipinski definition) is 2. The summed E-state index contributed by atoms with van der Waals surface area (Å²) in [5, 5.41) is 3.46. The molecule has 0 bridgehead atoms. The molecule has 0 aromatic heterocycles. The average molecular weight is 175 g/mol. The molecule has 1 fully saturated rings. The molecule has 1 aliphatic rings. The number of nitrogens with one attached hydrogen (secondary N) is 1. The van der Waals surface area contributed by atoms with Crippen molar-refractivity contribution < 1.29 is 0 Å². The van der Waals surface area contributed by atoms with Crippen molar-refractivity contribution in [2.24, 2.45) is 0 Å². The molecule has 1 heterocycles. The summed E-state index contributed by atoms with van der Waals surface area (Å²) in [6, 6.07) is 0.814. The van der Waals surface area contributed by atoms with E-state index >= 15 is 0 Å². The second-order valence-electron chi connectivity index (χ2n) is 2.47. The molecule has 0 aliphatic carbocycles. The highest BCUT2D eigenvalue weighted by Crippen LogP contribution is 2.16. The maximum Gasteiger partial charge on any atom is 0.0158 e. The van der Waals surface area contributed by atoms with Gasteiger partial charge in [-0.15, -0.1) is 0 Å². The second-order valence-corrected chi connectivity index (χ2v) is 3.62. The van der Waals surface area contributed by atoms with Crippen molar-refractivity contribution in [3.05, 3.63) is 0 Å². The van der Waals surface area contributed by atoms with Crippen LogP contribution in [-0.4, -0.2) is 24.1 Å². The summed E-state index contributed by atoms with van der Waals surface area (Å²) in [4.78, 5) is 0. The summed E-state index contributed by atoms with van der Waals surface area (Å²) in [6.45, 7) is 7.31. The molecule has 11 heavy (non-hydrogen) atoms. The third-order valence-corrected chi connectivity index (χ3v) is 2.87. The monoisotopic (exact) mass is 175 g/mol. The van der Waals surface area contributed by atoms with Gasteiger partial charge in [-0.05, 0) is 25.1 Å². The van der Waals surface area contributed by atoms with Crippen LogP contribution in [0.2, 0.25) is 0 Å². The first-order valence-electron chi connectivity index (χ1n) is 4.74. The van der Waals surface area contributed by atoms with Gasteiger partial charge in [0.2, 0.25) is 0 Å². The van der Waals surface area contributed by atoms with Crippen LogP contribution in [0.1, 0.15) is 33.6 Å². The zero-order valence-corrected chi connectivity index (χ0v) is 8.84. The Labute approximate surface area is 75.3 Å². The Kier molecular flexibility index (Phi) is 8.64. The Morgan fingerprint density at radius 1 is 1.45 bits per heavy atom. The first kappa shape index (κ1) is 11.3. The van der Waals surface area contributed by atoms with Crippen LogP contribution in [0.3, 0.4) is 0 Å². The van der Waals surface area contributed by atoms with Crippen molar-refractivity contribution in [3.8, 4) is 0 Å². The van der Waals surface area contributed by atoms with Crippen molar-refractivity contribution >= 4 is 11.8 Å². The first-order valence-corrected chi connectivity index (χ1v) is 5.90. The average Bonchev–Trinajstić information content (AvgIpc) is 2.11. The Hall–Kier alpha value is 0.310. The highest BCUT2D eigenvalue weighted by Gasteiger charge is 2.10. The van der Waals surface area contributed by atoms with Gasteiger partial charge in [0.05, 0.1) is 0 Å². The lowest BCUT2D eigenvalue weighted by molar-refractivity contribution is 0.523. The topological polar surface area (TPSA) is 12.0 Å². The molecule has 1 rings (SSSR count). The van der Waals surface area contributed by atoms with Crippen molar-refractivity contribution in [1.29, 1.82) is 0 Å². The molecule has 1 unspecified atom stereocenters. The van der Waals surface area contributed by atoms with Gasteiger partial charge in [-0.2, -0.15) is 11.8 Å². The van der Waals surface area contributed by atoms with Gasteiger partial charge >= 0.3 is 0 Å². The lowest BCUT2D eigenvalue weighted by Gasteiger charge is -2.21. The predicted molar refractivity (Wildman–Crippen MR) is 55.4 cm³/mol. The van der Waals surface area contributed by atoms with E-state index in [0.717, 1.165) is 12.6 Å². The smallest absolute Gasteiger partial charge is 0.0158 e. The minimum atomic E-state index is 0.814. The lowest BCUT2D eigenvalue weighted by atomic mass is 10.2. The third-order valence-electron chi connectivity index (χ3n) is 1.65. The van der Waals surface area contributed by atoms with E-state index in [4.69, 9.17) is 0 Å². The predicted octanol–water partition coefficient (Wildman–Crippen LogP) is 2.52. The van der Waals surface area contributed by atoms with Crippen molar-refractivity contribution in [2.75, 3.05) is 18.1 Å². The standard InChI is InChI=1S/C7H15NS.C2H6/c1-2-8-7-4-3-5-9-6-7;1-2/h7-8H,2-6H2,1H3;1-2H3. The van der Waals surface area contributed by atoms with Crippen molar-refractivity contribution in [2.45, 2.75) is 39.7 Å². The molecule has 0 aromatic rings. The van der Waals surface area contributed by atoms with Crippen LogP contribution in [0, 0.1) is 0 Å². The summed E-state index contributed by atoms with van der Waals surface area (Å²) < 4.78 is 0. The second kappa shape index (κ2) is 8.41. The number of thioether (sulfide) groups is 1. The zero-order chi connectivity index (χ0) is 8.53. The Balaban J connectivity index is 0.000000461. The molecule has 1 saturated heterocycles. The maximum atomic E-state index is 3.46. The van der Waals surface area contributed by atoms with E-state index in [-0.39, 0.29) is 0 Å². The van der Waals surface area contributed by atoms with Gasteiger partial charge < -0.3 is 5.32 Å². The summed E-state index contributed by atoms with van der Waals surface area (Å²) in [5.41, 5.74) is 0. The van der Waals surface area contributed by atoms with Crippen LogP contribution in [0.5, 0.6) is 0 Å². The van der Waals surface area contributed by atoms with Crippen LogP contribution < -0.4 is 5.32 Å². The molecule has 1 aliphatic heterocycles. The van der Waals surface area contributed by atoms with Gasteiger partial charge in [-0.1, -0.05) is 20.8 Å². The van der Waals surface area contributed by atoms with Crippen molar-refractivity contribution in [3.63, 3.8) is 0 Å². The SMILES string of the molecule is CC.CCNC1CCCSC1. The molecule has 1 N–H and O–H groups in total. The third kappa shape index (κ3) is 5.57. The summed E-state index contributed by atoms with van der Waals surface area (Å²) in [6.07, 6.45) is 2.79. The van der Waals surface area contributed by atoms with Gasteiger partial charge in [-0.3, -0.25) is 0 Å². The Morgan fingerprint density at radius 3 is 2.64 bits per heavy atom. The molecule has 2 heteroatoms. The van der Waals surface area contributed by atoms with Crippen molar-refractivity contribution in [1.82, 2.24) is 5.32 Å². The van der Waals surface area contributed by atoms with Gasteiger partial charge in [0.25, 0.3) is 0 Å². The van der Waals surface area contributed by atoms with Crippen LogP contribution in [0.25, 0.3) is 0 Å². The van der Waals surface area contributed by atoms with Crippen LogP contribution >= 0.6 is 11.8 Å². The Bertz CT molecular complexity index is 67.2. The van der Waals surface area contributed by atoms with E-state index in [9.17, 15) is 0 Å². The Morgan fingerprint density at radius 2 is 2.18 bits per heavy atom. The lowest BCUT2D eigenvalue weighted by Crippen LogP contribution is -2.33. The molecule has 0 aromatic carbocycles. The highest BCUT2D eigenvalue weighted by atomic mass is 32.2. The molecule has 1 atom stereocenters. The minimum absolute atomic E-state index is 0.814.